The highest BCUT2D eigenvalue weighted by molar-refractivity contribution is 9.09. The van der Waals surface area contributed by atoms with E-state index in [1.54, 1.807) is 0 Å². The first-order valence-electron chi connectivity index (χ1n) is 5.66. The number of halogens is 1. The molecule has 0 radical (unpaired) electrons. The normalized spacial score (nSPS) is 36.1. The van der Waals surface area contributed by atoms with Gasteiger partial charge < -0.3 is 9.64 Å². The summed E-state index contributed by atoms with van der Waals surface area (Å²) < 4.78 is 5.28. The van der Waals surface area contributed by atoms with Crippen molar-refractivity contribution in [2.24, 2.45) is 11.8 Å². The van der Waals surface area contributed by atoms with E-state index in [1.165, 1.54) is 0 Å². The lowest BCUT2D eigenvalue weighted by Gasteiger charge is -2.17. The van der Waals surface area contributed by atoms with Gasteiger partial charge in [-0.05, 0) is 18.3 Å². The van der Waals surface area contributed by atoms with Crippen molar-refractivity contribution in [3.8, 4) is 0 Å². The standard InChI is InChI=1S/C11H18BrNO2/c1-8-5-13(6-10(8)12)11(14)4-9-2-3-15-7-9/h8-10H,2-7H2,1H3. The van der Waals surface area contributed by atoms with Crippen molar-refractivity contribution in [2.75, 3.05) is 26.3 Å². The molecule has 15 heavy (non-hydrogen) atoms. The summed E-state index contributed by atoms with van der Waals surface area (Å²) in [5, 5.41) is 0. The minimum atomic E-state index is 0.305. The Bertz CT molecular complexity index is 231. The maximum Gasteiger partial charge on any atom is 0.222 e. The summed E-state index contributed by atoms with van der Waals surface area (Å²) in [5.74, 6) is 1.34. The van der Waals surface area contributed by atoms with E-state index in [9.17, 15) is 4.79 Å². The van der Waals surface area contributed by atoms with Crippen LogP contribution in [0, 0.1) is 11.8 Å². The fraction of sp³-hybridized carbons (Fsp3) is 0.909. The van der Waals surface area contributed by atoms with Gasteiger partial charge in [0, 0.05) is 37.6 Å². The SMILES string of the molecule is CC1CN(C(=O)CC2CCOC2)CC1Br. The second kappa shape index (κ2) is 4.83. The van der Waals surface area contributed by atoms with Crippen molar-refractivity contribution in [2.45, 2.75) is 24.6 Å². The summed E-state index contributed by atoms with van der Waals surface area (Å²) in [6.45, 7) is 5.56. The van der Waals surface area contributed by atoms with Crippen LogP contribution < -0.4 is 0 Å². The maximum atomic E-state index is 11.9. The third kappa shape index (κ3) is 2.72. The second-order valence-electron chi connectivity index (χ2n) is 4.73. The molecule has 2 fully saturated rings. The number of hydrogen-bond donors (Lipinski definition) is 0. The smallest absolute Gasteiger partial charge is 0.222 e. The van der Waals surface area contributed by atoms with Gasteiger partial charge in [-0.25, -0.2) is 0 Å². The highest BCUT2D eigenvalue weighted by Crippen LogP contribution is 2.25. The largest absolute Gasteiger partial charge is 0.381 e. The van der Waals surface area contributed by atoms with Gasteiger partial charge in [0.15, 0.2) is 0 Å². The van der Waals surface area contributed by atoms with Gasteiger partial charge >= 0.3 is 0 Å². The van der Waals surface area contributed by atoms with Gasteiger partial charge in [-0.15, -0.1) is 0 Å². The summed E-state index contributed by atoms with van der Waals surface area (Å²) in [5.41, 5.74) is 0. The molecular formula is C11H18BrNO2. The summed E-state index contributed by atoms with van der Waals surface area (Å²) in [7, 11) is 0. The third-order valence-electron chi connectivity index (χ3n) is 3.36. The Labute approximate surface area is 99.3 Å². The molecule has 2 aliphatic rings. The van der Waals surface area contributed by atoms with Gasteiger partial charge in [0.2, 0.25) is 5.91 Å². The summed E-state index contributed by atoms with van der Waals surface area (Å²) >= 11 is 3.61. The Morgan fingerprint density at radius 3 is 2.87 bits per heavy atom. The molecule has 3 atom stereocenters. The fourth-order valence-electron chi connectivity index (χ4n) is 2.25. The maximum absolute atomic E-state index is 11.9. The highest BCUT2D eigenvalue weighted by Gasteiger charge is 2.31. The van der Waals surface area contributed by atoms with E-state index in [1.807, 2.05) is 4.90 Å². The first kappa shape index (κ1) is 11.4. The van der Waals surface area contributed by atoms with Crippen molar-refractivity contribution in [1.29, 1.82) is 0 Å². The number of alkyl halides is 1. The van der Waals surface area contributed by atoms with Gasteiger partial charge in [0.25, 0.3) is 0 Å². The number of ether oxygens (including phenoxy) is 1. The molecule has 0 N–H and O–H groups in total. The lowest BCUT2D eigenvalue weighted by molar-refractivity contribution is -0.131. The quantitative estimate of drug-likeness (QED) is 0.718. The Morgan fingerprint density at radius 1 is 1.53 bits per heavy atom. The zero-order valence-electron chi connectivity index (χ0n) is 9.12. The van der Waals surface area contributed by atoms with Gasteiger partial charge in [0.05, 0.1) is 0 Å². The first-order valence-corrected chi connectivity index (χ1v) is 6.58. The molecule has 0 aromatic carbocycles. The molecule has 0 spiro atoms. The van der Waals surface area contributed by atoms with Crippen LogP contribution in [0.25, 0.3) is 0 Å². The van der Waals surface area contributed by atoms with Gasteiger partial charge in [-0.3, -0.25) is 4.79 Å². The topological polar surface area (TPSA) is 29.5 Å². The Balaban J connectivity index is 1.81. The van der Waals surface area contributed by atoms with Crippen molar-refractivity contribution in [3.05, 3.63) is 0 Å². The van der Waals surface area contributed by atoms with E-state index in [-0.39, 0.29) is 0 Å². The summed E-state index contributed by atoms with van der Waals surface area (Å²) in [4.78, 5) is 14.4. The van der Waals surface area contributed by atoms with Crippen LogP contribution >= 0.6 is 15.9 Å². The van der Waals surface area contributed by atoms with E-state index >= 15 is 0 Å². The van der Waals surface area contributed by atoms with Crippen LogP contribution in [0.2, 0.25) is 0 Å². The Morgan fingerprint density at radius 2 is 2.33 bits per heavy atom. The molecule has 4 heteroatoms. The van der Waals surface area contributed by atoms with Crippen LogP contribution in [-0.2, 0) is 9.53 Å². The molecule has 0 aromatic rings. The molecule has 0 saturated carbocycles. The summed E-state index contributed by atoms with van der Waals surface area (Å²) in [6, 6.07) is 0. The van der Waals surface area contributed by atoms with E-state index in [0.29, 0.717) is 29.0 Å². The van der Waals surface area contributed by atoms with Gasteiger partial charge in [-0.2, -0.15) is 0 Å². The van der Waals surface area contributed by atoms with Crippen LogP contribution in [0.3, 0.4) is 0 Å². The molecule has 0 aromatic heterocycles. The molecule has 3 unspecified atom stereocenters. The molecule has 2 aliphatic heterocycles. The molecule has 2 heterocycles. The zero-order valence-corrected chi connectivity index (χ0v) is 10.7. The second-order valence-corrected chi connectivity index (χ2v) is 5.90. The van der Waals surface area contributed by atoms with Crippen LogP contribution in [0.1, 0.15) is 19.8 Å². The first-order chi connectivity index (χ1) is 7.16. The van der Waals surface area contributed by atoms with Crippen molar-refractivity contribution < 1.29 is 9.53 Å². The number of hydrogen-bond acceptors (Lipinski definition) is 2. The molecular weight excluding hydrogens is 258 g/mol. The van der Waals surface area contributed by atoms with Crippen molar-refractivity contribution in [1.82, 2.24) is 4.90 Å². The molecule has 2 saturated heterocycles. The van der Waals surface area contributed by atoms with Crippen LogP contribution in [0.5, 0.6) is 0 Å². The van der Waals surface area contributed by atoms with E-state index in [4.69, 9.17) is 4.74 Å². The van der Waals surface area contributed by atoms with Crippen LogP contribution in [-0.4, -0.2) is 41.9 Å². The Hall–Kier alpha value is -0.0900. The molecule has 0 aliphatic carbocycles. The Kier molecular flexibility index (Phi) is 3.67. The molecule has 3 nitrogen and oxygen atoms in total. The monoisotopic (exact) mass is 275 g/mol. The third-order valence-corrected chi connectivity index (χ3v) is 4.55. The zero-order chi connectivity index (χ0) is 10.8. The minimum Gasteiger partial charge on any atom is -0.381 e. The van der Waals surface area contributed by atoms with Crippen molar-refractivity contribution in [3.63, 3.8) is 0 Å². The number of likely N-dealkylation sites (tertiary alicyclic amines) is 1. The van der Waals surface area contributed by atoms with Crippen LogP contribution in [0.15, 0.2) is 0 Å². The lowest BCUT2D eigenvalue weighted by Crippen LogP contribution is -2.30. The number of carbonyl (C=O) groups excluding carboxylic acids is 1. The average Bonchev–Trinajstić information content (AvgIpc) is 2.78. The van der Waals surface area contributed by atoms with Crippen LogP contribution in [0.4, 0.5) is 0 Å². The average molecular weight is 276 g/mol. The minimum absolute atomic E-state index is 0.305. The predicted molar refractivity (Wildman–Crippen MR) is 62.0 cm³/mol. The van der Waals surface area contributed by atoms with E-state index in [2.05, 4.69) is 22.9 Å². The summed E-state index contributed by atoms with van der Waals surface area (Å²) in [6.07, 6.45) is 1.72. The highest BCUT2D eigenvalue weighted by atomic mass is 79.9. The molecule has 86 valence electrons. The molecule has 0 bridgehead atoms. The van der Waals surface area contributed by atoms with E-state index < -0.39 is 0 Å². The van der Waals surface area contributed by atoms with Gasteiger partial charge in [0.1, 0.15) is 0 Å². The number of carbonyl (C=O) groups is 1. The van der Waals surface area contributed by atoms with E-state index in [0.717, 1.165) is 32.7 Å². The predicted octanol–water partition coefficient (Wildman–Crippen LogP) is 1.65. The number of nitrogens with zero attached hydrogens (tertiary/aromatic N) is 1. The number of rotatable bonds is 2. The lowest BCUT2D eigenvalue weighted by atomic mass is 10.0. The van der Waals surface area contributed by atoms with Gasteiger partial charge in [-0.1, -0.05) is 22.9 Å². The molecule has 1 amide bonds. The fourth-order valence-corrected chi connectivity index (χ4v) is 2.77. The van der Waals surface area contributed by atoms with Crippen molar-refractivity contribution >= 4 is 21.8 Å². The number of amides is 1. The molecule has 2 rings (SSSR count).